The van der Waals surface area contributed by atoms with Crippen LogP contribution in [0.25, 0.3) is 11.3 Å². The van der Waals surface area contributed by atoms with Crippen molar-refractivity contribution in [2.24, 2.45) is 5.10 Å². The number of halogens is 1. The Balaban J connectivity index is 1.58. The number of hydrogen-bond donors (Lipinski definition) is 3. The summed E-state index contributed by atoms with van der Waals surface area (Å²) in [5, 5.41) is 18.5. The van der Waals surface area contributed by atoms with Crippen LogP contribution in [-0.2, 0) is 0 Å². The molecule has 2 heterocycles. The van der Waals surface area contributed by atoms with E-state index >= 15 is 0 Å². The number of carbonyl (C=O) groups excluding carboxylic acids is 1. The second kappa shape index (κ2) is 9.33. The van der Waals surface area contributed by atoms with Crippen LogP contribution in [0.4, 0.5) is 10.2 Å². The summed E-state index contributed by atoms with van der Waals surface area (Å²) >= 11 is 0. The van der Waals surface area contributed by atoms with E-state index in [0.717, 1.165) is 5.56 Å². The summed E-state index contributed by atoms with van der Waals surface area (Å²) in [6.07, 6.45) is 3.40. The van der Waals surface area contributed by atoms with E-state index in [0.29, 0.717) is 17.0 Å². The number of anilines is 1. The minimum absolute atomic E-state index is 0.0647. The molecule has 0 aliphatic carbocycles. The van der Waals surface area contributed by atoms with Gasteiger partial charge >= 0.3 is 0 Å². The van der Waals surface area contributed by atoms with Gasteiger partial charge in [0.05, 0.1) is 42.1 Å². The van der Waals surface area contributed by atoms with Gasteiger partial charge in [-0.15, -0.1) is 0 Å². The first kappa shape index (κ1) is 22.3. The number of hydrogen-bond acceptors (Lipinski definition) is 7. The monoisotopic (exact) mass is 448 g/mol. The molecule has 170 valence electrons. The molecule has 1 aromatic heterocycles. The van der Waals surface area contributed by atoms with E-state index in [1.807, 2.05) is 25.0 Å². The number of benzene rings is 2. The Morgan fingerprint density at radius 2 is 2.03 bits per heavy atom. The molecule has 1 aliphatic heterocycles. The number of aliphatic hydroxyl groups excluding tert-OH is 1. The summed E-state index contributed by atoms with van der Waals surface area (Å²) in [6.45, 7) is 1.71. The Hall–Kier alpha value is -3.85. The van der Waals surface area contributed by atoms with Crippen molar-refractivity contribution in [2.75, 3.05) is 19.4 Å². The number of aliphatic hydroxyl groups is 1. The van der Waals surface area contributed by atoms with Crippen molar-refractivity contribution in [3.8, 4) is 11.3 Å². The molecular weight excluding hydrogens is 423 g/mol. The minimum atomic E-state index is -0.725. The van der Waals surface area contributed by atoms with Crippen LogP contribution in [0.2, 0.25) is 0 Å². The van der Waals surface area contributed by atoms with Crippen molar-refractivity contribution in [3.05, 3.63) is 77.4 Å². The summed E-state index contributed by atoms with van der Waals surface area (Å²) in [4.78, 5) is 21.5. The van der Waals surface area contributed by atoms with Gasteiger partial charge in [-0.1, -0.05) is 36.4 Å². The van der Waals surface area contributed by atoms with Crippen LogP contribution in [0.1, 0.15) is 40.5 Å². The van der Waals surface area contributed by atoms with Gasteiger partial charge < -0.3 is 16.2 Å². The third-order valence-electron chi connectivity index (χ3n) is 5.86. The van der Waals surface area contributed by atoms with Crippen LogP contribution >= 0.6 is 0 Å². The Morgan fingerprint density at radius 1 is 1.27 bits per heavy atom. The zero-order valence-corrected chi connectivity index (χ0v) is 18.3. The fourth-order valence-electron chi connectivity index (χ4n) is 3.75. The molecule has 1 aliphatic rings. The van der Waals surface area contributed by atoms with Gasteiger partial charge in [0.15, 0.2) is 0 Å². The highest BCUT2D eigenvalue weighted by Gasteiger charge is 2.28. The van der Waals surface area contributed by atoms with Crippen LogP contribution in [0, 0.1) is 5.82 Å². The van der Waals surface area contributed by atoms with Gasteiger partial charge in [-0.05, 0) is 24.6 Å². The van der Waals surface area contributed by atoms with Crippen LogP contribution in [0.5, 0.6) is 0 Å². The Kier molecular flexibility index (Phi) is 6.32. The molecule has 4 rings (SSSR count). The summed E-state index contributed by atoms with van der Waals surface area (Å²) < 4.78 is 14.9. The smallest absolute Gasteiger partial charge is 0.254 e. The zero-order chi connectivity index (χ0) is 23.5. The highest BCUT2D eigenvalue weighted by molar-refractivity contribution is 5.95. The number of nitrogen functional groups attached to an aromatic ring is 1. The Labute approximate surface area is 191 Å². The van der Waals surface area contributed by atoms with Gasteiger partial charge in [0, 0.05) is 18.8 Å². The highest BCUT2D eigenvalue weighted by Crippen LogP contribution is 2.29. The molecule has 0 fully saturated rings. The van der Waals surface area contributed by atoms with Gasteiger partial charge in [-0.3, -0.25) is 9.80 Å². The first-order valence-corrected chi connectivity index (χ1v) is 10.5. The third-order valence-corrected chi connectivity index (χ3v) is 5.86. The number of nitrogens with two attached hydrogens (primary N) is 1. The number of nitrogens with zero attached hydrogens (tertiary/aromatic N) is 4. The topological polar surface area (TPSA) is 117 Å². The van der Waals surface area contributed by atoms with E-state index in [2.05, 4.69) is 20.4 Å². The molecule has 3 atom stereocenters. The molecule has 0 bridgehead atoms. The van der Waals surface area contributed by atoms with E-state index in [1.54, 1.807) is 42.7 Å². The maximum absolute atomic E-state index is 14.9. The van der Waals surface area contributed by atoms with Crippen molar-refractivity contribution in [3.63, 3.8) is 0 Å². The molecule has 0 spiro atoms. The maximum atomic E-state index is 14.9. The minimum Gasteiger partial charge on any atom is -0.394 e. The van der Waals surface area contributed by atoms with Crippen LogP contribution in [-0.4, -0.2) is 51.9 Å². The molecule has 0 saturated heterocycles. The third kappa shape index (κ3) is 4.54. The Bertz CT molecular complexity index is 1190. The standard InChI is InChI=1S/C24H25FN6O2/c1-14-18(11-28-31(14)2)20-12-27-23(26)22(29-20)16-8-9-17(19(25)10-16)24(33)30-21(13-32)15-6-4-3-5-7-15/h3-12,14,18,21,32H,13H2,1-2H3,(H2,26,27)(H,30,33). The second-order valence-electron chi connectivity index (χ2n) is 7.95. The average molecular weight is 449 g/mol. The fraction of sp³-hybridized carbons (Fsp3) is 0.250. The maximum Gasteiger partial charge on any atom is 0.254 e. The number of carbonyl (C=O) groups is 1. The quantitative estimate of drug-likeness (QED) is 0.534. The van der Waals surface area contributed by atoms with E-state index in [1.165, 1.54) is 12.1 Å². The molecular formula is C24H25FN6O2. The molecule has 3 aromatic rings. The van der Waals surface area contributed by atoms with Gasteiger partial charge in [0.1, 0.15) is 17.3 Å². The van der Waals surface area contributed by atoms with Crippen LogP contribution < -0.4 is 11.1 Å². The average Bonchev–Trinajstić information content (AvgIpc) is 3.16. The normalized spacial score (nSPS) is 18.4. The number of aromatic nitrogens is 2. The second-order valence-corrected chi connectivity index (χ2v) is 7.95. The van der Waals surface area contributed by atoms with E-state index in [-0.39, 0.29) is 29.9 Å². The number of likely N-dealkylation sites (N-methyl/N-ethyl adjacent to an activating group) is 1. The van der Waals surface area contributed by atoms with E-state index in [4.69, 9.17) is 5.73 Å². The predicted molar refractivity (Wildman–Crippen MR) is 124 cm³/mol. The SMILES string of the molecule is CC1C(c2cnc(N)c(-c3ccc(C(=O)NC(CO)c4ccccc4)c(F)c3)n2)C=NN1C. The van der Waals surface area contributed by atoms with Crippen molar-refractivity contribution >= 4 is 17.9 Å². The van der Waals surface area contributed by atoms with Crippen LogP contribution in [0.3, 0.4) is 0 Å². The Morgan fingerprint density at radius 3 is 2.67 bits per heavy atom. The molecule has 4 N–H and O–H groups in total. The summed E-state index contributed by atoms with van der Waals surface area (Å²) in [5.74, 6) is -1.26. The summed E-state index contributed by atoms with van der Waals surface area (Å²) in [6, 6.07) is 12.6. The number of hydrazone groups is 1. The molecule has 2 aromatic carbocycles. The molecule has 1 amide bonds. The lowest BCUT2D eigenvalue weighted by atomic mass is 9.99. The highest BCUT2D eigenvalue weighted by atomic mass is 19.1. The summed E-state index contributed by atoms with van der Waals surface area (Å²) in [7, 11) is 1.88. The molecule has 0 saturated carbocycles. The van der Waals surface area contributed by atoms with Gasteiger partial charge in [-0.2, -0.15) is 5.10 Å². The van der Waals surface area contributed by atoms with E-state index < -0.39 is 17.8 Å². The first-order chi connectivity index (χ1) is 15.9. The zero-order valence-electron chi connectivity index (χ0n) is 18.3. The van der Waals surface area contributed by atoms with Gasteiger partial charge in [0.2, 0.25) is 0 Å². The van der Waals surface area contributed by atoms with Crippen molar-refractivity contribution in [1.29, 1.82) is 0 Å². The van der Waals surface area contributed by atoms with Crippen molar-refractivity contribution in [2.45, 2.75) is 24.9 Å². The molecule has 33 heavy (non-hydrogen) atoms. The largest absolute Gasteiger partial charge is 0.394 e. The van der Waals surface area contributed by atoms with Gasteiger partial charge in [-0.25, -0.2) is 14.4 Å². The molecule has 0 radical (unpaired) electrons. The lowest BCUT2D eigenvalue weighted by molar-refractivity contribution is 0.0912. The van der Waals surface area contributed by atoms with E-state index in [9.17, 15) is 14.3 Å². The molecule has 8 nitrogen and oxygen atoms in total. The van der Waals surface area contributed by atoms with Crippen LogP contribution in [0.15, 0.2) is 59.8 Å². The lowest BCUT2D eigenvalue weighted by Gasteiger charge is -2.20. The molecule has 3 unspecified atom stereocenters. The number of rotatable bonds is 6. The molecule has 9 heteroatoms. The predicted octanol–water partition coefficient (Wildman–Crippen LogP) is 2.73. The lowest BCUT2D eigenvalue weighted by Crippen LogP contribution is -2.31. The fourth-order valence-corrected chi connectivity index (χ4v) is 3.75. The van der Waals surface area contributed by atoms with Gasteiger partial charge in [0.25, 0.3) is 5.91 Å². The first-order valence-electron chi connectivity index (χ1n) is 10.5. The summed E-state index contributed by atoms with van der Waals surface area (Å²) in [5.41, 5.74) is 8.04. The van der Waals surface area contributed by atoms with Crippen molar-refractivity contribution in [1.82, 2.24) is 20.3 Å². The number of nitrogens with one attached hydrogen (secondary N) is 1. The number of amides is 1. The van der Waals surface area contributed by atoms with Crippen molar-refractivity contribution < 1.29 is 14.3 Å².